The Morgan fingerprint density at radius 1 is 0.241 bits per heavy atom. The SMILES string of the molecule is CC/C=C\C/C=C\C/C=C\C/C=C\C/C=C\C/C=C\CCCCCCCCCCC(=O)OCC(COC(=O)CCCCC/C=C\C/C=C\C/C=C\C/C=C\C/C=C\CC)OC(=O)CCCCC/C=C\C/C=C\C/C=C\C/C=C\C/C=C\CC. The van der Waals surface area contributed by atoms with Crippen LogP contribution >= 0.6 is 0 Å². The van der Waals surface area contributed by atoms with Gasteiger partial charge in [0.2, 0.25) is 0 Å². The summed E-state index contributed by atoms with van der Waals surface area (Å²) in [4.78, 5) is 38.4. The van der Waals surface area contributed by atoms with Crippen LogP contribution in [0.1, 0.15) is 252 Å². The highest BCUT2D eigenvalue weighted by molar-refractivity contribution is 5.71. The van der Waals surface area contributed by atoms with E-state index in [1.807, 2.05) is 0 Å². The molecule has 1 atom stereocenters. The molecule has 6 nitrogen and oxygen atoms in total. The van der Waals surface area contributed by atoms with Crippen LogP contribution in [-0.4, -0.2) is 37.2 Å². The third-order valence-electron chi connectivity index (χ3n) is 13.1. The molecular weight excluding hydrogens is 1020 g/mol. The molecule has 0 rings (SSSR count). The summed E-state index contributed by atoms with van der Waals surface area (Å²) in [5.74, 6) is -0.998. The van der Waals surface area contributed by atoms with Gasteiger partial charge in [0.25, 0.3) is 0 Å². The molecule has 0 saturated heterocycles. The molecule has 6 heteroatoms. The van der Waals surface area contributed by atoms with Crippen LogP contribution in [0.3, 0.4) is 0 Å². The van der Waals surface area contributed by atoms with E-state index in [2.05, 4.69) is 215 Å². The zero-order valence-corrected chi connectivity index (χ0v) is 52.9. The van der Waals surface area contributed by atoms with Crippen LogP contribution in [0.4, 0.5) is 0 Å². The Morgan fingerprint density at radius 2 is 0.434 bits per heavy atom. The first-order valence-corrected chi connectivity index (χ1v) is 32.9. The fourth-order valence-electron chi connectivity index (χ4n) is 8.26. The number of esters is 3. The van der Waals surface area contributed by atoms with Gasteiger partial charge in [0.05, 0.1) is 0 Å². The number of unbranched alkanes of at least 4 members (excludes halogenated alkanes) is 14. The molecule has 0 amide bonds. The zero-order chi connectivity index (χ0) is 59.9. The first-order valence-electron chi connectivity index (χ1n) is 32.9. The van der Waals surface area contributed by atoms with E-state index in [-0.39, 0.29) is 37.5 Å². The highest BCUT2D eigenvalue weighted by Crippen LogP contribution is 2.14. The molecule has 0 fully saturated rings. The Morgan fingerprint density at radius 3 is 0.687 bits per heavy atom. The van der Waals surface area contributed by atoms with Crippen LogP contribution in [-0.2, 0) is 28.6 Å². The molecule has 0 aliphatic rings. The van der Waals surface area contributed by atoms with Gasteiger partial charge >= 0.3 is 17.9 Å². The van der Waals surface area contributed by atoms with Gasteiger partial charge in [0.15, 0.2) is 6.10 Å². The average molecular weight is 1140 g/mol. The number of hydrogen-bond donors (Lipinski definition) is 0. The predicted octanol–water partition coefficient (Wildman–Crippen LogP) is 23.0. The second kappa shape index (κ2) is 68.7. The molecule has 0 aromatic heterocycles. The maximum absolute atomic E-state index is 12.9. The Hall–Kier alpha value is -5.75. The summed E-state index contributed by atoms with van der Waals surface area (Å²) in [6.07, 6.45) is 104. The number of rotatable bonds is 57. The molecule has 0 aromatic carbocycles. The third-order valence-corrected chi connectivity index (χ3v) is 13.1. The van der Waals surface area contributed by atoms with Crippen molar-refractivity contribution in [3.8, 4) is 0 Å². The van der Waals surface area contributed by atoms with E-state index in [1.54, 1.807) is 0 Å². The molecule has 1 unspecified atom stereocenters. The Bertz CT molecular complexity index is 1990. The van der Waals surface area contributed by atoms with Gasteiger partial charge in [-0.2, -0.15) is 0 Å². The maximum atomic E-state index is 12.9. The lowest BCUT2D eigenvalue weighted by Gasteiger charge is -2.18. The number of ether oxygens (including phenoxy) is 3. The van der Waals surface area contributed by atoms with Gasteiger partial charge in [0, 0.05) is 19.3 Å². The molecule has 83 heavy (non-hydrogen) atoms. The Labute approximate surface area is 509 Å². The zero-order valence-electron chi connectivity index (χ0n) is 52.9. The van der Waals surface area contributed by atoms with Gasteiger partial charge < -0.3 is 14.2 Å². The minimum Gasteiger partial charge on any atom is -0.462 e. The van der Waals surface area contributed by atoms with Crippen molar-refractivity contribution in [1.82, 2.24) is 0 Å². The number of hydrogen-bond acceptors (Lipinski definition) is 6. The van der Waals surface area contributed by atoms with Crippen molar-refractivity contribution in [2.75, 3.05) is 13.2 Å². The predicted molar refractivity (Wildman–Crippen MR) is 361 cm³/mol. The summed E-state index contributed by atoms with van der Waals surface area (Å²) in [6.45, 7) is 6.23. The van der Waals surface area contributed by atoms with Crippen LogP contribution < -0.4 is 0 Å². The van der Waals surface area contributed by atoms with Crippen LogP contribution in [0.25, 0.3) is 0 Å². The number of carbonyl (C=O) groups excluding carboxylic acids is 3. The number of carbonyl (C=O) groups is 3. The van der Waals surface area contributed by atoms with E-state index < -0.39 is 6.10 Å². The minimum atomic E-state index is -0.827. The second-order valence-corrected chi connectivity index (χ2v) is 20.9. The Balaban J connectivity index is 4.53. The summed E-state index contributed by atoms with van der Waals surface area (Å²) in [7, 11) is 0. The summed E-state index contributed by atoms with van der Waals surface area (Å²) in [6, 6.07) is 0. The van der Waals surface area contributed by atoms with Crippen molar-refractivity contribution in [2.24, 2.45) is 0 Å². The van der Waals surface area contributed by atoms with Crippen molar-refractivity contribution >= 4 is 17.9 Å². The summed E-state index contributed by atoms with van der Waals surface area (Å²) < 4.78 is 16.9. The lowest BCUT2D eigenvalue weighted by Crippen LogP contribution is -2.30. The van der Waals surface area contributed by atoms with E-state index in [0.717, 1.165) is 173 Å². The fraction of sp³-hybridized carbons (Fsp3) is 0.545. The first kappa shape index (κ1) is 77.2. The van der Waals surface area contributed by atoms with Crippen molar-refractivity contribution < 1.29 is 28.6 Å². The van der Waals surface area contributed by atoms with Crippen molar-refractivity contribution in [3.05, 3.63) is 194 Å². The highest BCUT2D eigenvalue weighted by Gasteiger charge is 2.19. The monoisotopic (exact) mass is 1140 g/mol. The topological polar surface area (TPSA) is 78.9 Å². The summed E-state index contributed by atoms with van der Waals surface area (Å²) in [5, 5.41) is 0. The molecule has 0 saturated carbocycles. The van der Waals surface area contributed by atoms with E-state index in [9.17, 15) is 14.4 Å². The van der Waals surface area contributed by atoms with Gasteiger partial charge in [-0.3, -0.25) is 14.4 Å². The standard InChI is InChI=1S/C77H118O6/c1-4-7-10-13-16-19-22-25-28-31-34-35-36-37-38-39-40-41-44-46-49-52-55-58-61-64-67-70-76(79)82-73-74(83-77(80)71-68-65-62-59-56-53-50-47-43-33-30-27-24-21-18-15-12-9-6-3)72-81-75(78)69-66-63-60-57-54-51-48-45-42-32-29-26-23-20-17-14-11-8-5-2/h7-12,16-21,25-30,34-35,37-38,40-43,45,47,51,53-54,56,74H,4-6,13-15,22-24,31-33,36,39,44,46,48-50,52,55,57-73H2,1-3H3/b10-7-,11-8-,12-9-,19-16-,20-17-,21-18-,28-25-,29-26-,30-27-,35-34-,38-37-,41-40-,45-42-,47-43-,54-51-,56-53-. The lowest BCUT2D eigenvalue weighted by atomic mass is 10.1. The van der Waals surface area contributed by atoms with Crippen molar-refractivity contribution in [2.45, 2.75) is 258 Å². The van der Waals surface area contributed by atoms with Gasteiger partial charge in [0.1, 0.15) is 13.2 Å². The molecule has 0 aliphatic carbocycles. The summed E-state index contributed by atoms with van der Waals surface area (Å²) in [5.41, 5.74) is 0. The van der Waals surface area contributed by atoms with Crippen LogP contribution in [0.15, 0.2) is 194 Å². The second-order valence-electron chi connectivity index (χ2n) is 20.9. The smallest absolute Gasteiger partial charge is 0.306 e. The van der Waals surface area contributed by atoms with Crippen molar-refractivity contribution in [1.29, 1.82) is 0 Å². The third kappa shape index (κ3) is 66.9. The first-order chi connectivity index (χ1) is 41.0. The van der Waals surface area contributed by atoms with E-state index >= 15 is 0 Å². The molecular formula is C77H118O6. The highest BCUT2D eigenvalue weighted by atomic mass is 16.6. The van der Waals surface area contributed by atoms with Gasteiger partial charge in [-0.15, -0.1) is 0 Å². The van der Waals surface area contributed by atoms with Crippen LogP contribution in [0, 0.1) is 0 Å². The molecule has 0 heterocycles. The van der Waals surface area contributed by atoms with Crippen LogP contribution in [0.2, 0.25) is 0 Å². The van der Waals surface area contributed by atoms with Crippen molar-refractivity contribution in [3.63, 3.8) is 0 Å². The quantitative estimate of drug-likeness (QED) is 0.0261. The molecule has 0 aromatic rings. The number of allylic oxidation sites excluding steroid dienone is 32. The fourth-order valence-corrected chi connectivity index (χ4v) is 8.26. The molecule has 0 spiro atoms. The van der Waals surface area contributed by atoms with Gasteiger partial charge in [-0.25, -0.2) is 0 Å². The molecule has 0 aliphatic heterocycles. The van der Waals surface area contributed by atoms with Gasteiger partial charge in [-0.05, 0) is 161 Å². The van der Waals surface area contributed by atoms with E-state index in [1.165, 1.54) is 32.1 Å². The lowest BCUT2D eigenvalue weighted by molar-refractivity contribution is -0.167. The van der Waals surface area contributed by atoms with Gasteiger partial charge in [-0.1, -0.05) is 267 Å². The molecule has 0 radical (unpaired) electrons. The largest absolute Gasteiger partial charge is 0.462 e. The molecule has 462 valence electrons. The van der Waals surface area contributed by atoms with E-state index in [0.29, 0.717) is 19.3 Å². The molecule has 0 bridgehead atoms. The molecule has 0 N–H and O–H groups in total. The van der Waals surface area contributed by atoms with Crippen LogP contribution in [0.5, 0.6) is 0 Å². The average Bonchev–Trinajstić information content (AvgIpc) is 3.50. The summed E-state index contributed by atoms with van der Waals surface area (Å²) >= 11 is 0. The maximum Gasteiger partial charge on any atom is 0.306 e. The Kier molecular flexibility index (Phi) is 64.0. The normalized spacial score (nSPS) is 13.4. The van der Waals surface area contributed by atoms with E-state index in [4.69, 9.17) is 14.2 Å². The minimum absolute atomic E-state index is 0.117.